The molecule has 11 nitrogen and oxygen atoms in total. The Bertz CT molecular complexity index is 1250. The third-order valence-corrected chi connectivity index (χ3v) is 5.11. The second kappa shape index (κ2) is 10.3. The fourth-order valence-electron chi connectivity index (χ4n) is 2.59. The first-order chi connectivity index (χ1) is 15.8. The second-order valence-electron chi connectivity index (χ2n) is 6.26. The number of ether oxygens (including phenoxy) is 3. The van der Waals surface area contributed by atoms with Gasteiger partial charge in [0, 0.05) is 17.0 Å². The number of nitriles is 1. The molecule has 0 saturated carbocycles. The zero-order valence-electron chi connectivity index (χ0n) is 17.3. The number of esters is 3. The third kappa shape index (κ3) is 5.46. The van der Waals surface area contributed by atoms with E-state index in [4.69, 9.17) is 14.7 Å². The fraction of sp³-hybridized carbons (Fsp3) is 0.143. The molecule has 2 aromatic carbocycles. The van der Waals surface area contributed by atoms with Crippen LogP contribution in [0.2, 0.25) is 0 Å². The lowest BCUT2D eigenvalue weighted by Gasteiger charge is -2.13. The van der Waals surface area contributed by atoms with E-state index in [0.717, 1.165) is 11.8 Å². The molecule has 0 aliphatic carbocycles. The number of thioether (sulfide) groups is 1. The highest BCUT2D eigenvalue weighted by Crippen LogP contribution is 2.33. The van der Waals surface area contributed by atoms with Gasteiger partial charge in [0.05, 0.1) is 18.4 Å². The molecule has 0 aliphatic rings. The molecular weight excluding hydrogens is 454 g/mol. The Balaban J connectivity index is 1.74. The number of hydrogen-bond donors (Lipinski definition) is 0. The maximum Gasteiger partial charge on any atom is 0.343 e. The first kappa shape index (κ1) is 23.3. The van der Waals surface area contributed by atoms with Gasteiger partial charge >= 0.3 is 17.9 Å². The topological polar surface area (TPSA) is 156 Å². The van der Waals surface area contributed by atoms with Crippen LogP contribution in [0.5, 0.6) is 11.5 Å². The van der Waals surface area contributed by atoms with E-state index < -0.39 is 17.9 Å². The molecule has 0 amide bonds. The van der Waals surface area contributed by atoms with Gasteiger partial charge in [-0.3, -0.25) is 9.42 Å². The maximum atomic E-state index is 12.6. The van der Waals surface area contributed by atoms with Gasteiger partial charge in [0.2, 0.25) is 5.69 Å². The summed E-state index contributed by atoms with van der Waals surface area (Å²) in [4.78, 5) is 36.8. The van der Waals surface area contributed by atoms with Crippen LogP contribution in [0.15, 0.2) is 52.0 Å². The van der Waals surface area contributed by atoms with E-state index in [2.05, 4.69) is 14.5 Å². The summed E-state index contributed by atoms with van der Waals surface area (Å²) in [7, 11) is 1.17. The number of aromatic nitrogens is 2. The van der Waals surface area contributed by atoms with E-state index in [1.54, 1.807) is 18.2 Å². The lowest BCUT2D eigenvalue weighted by atomic mass is 10.2. The van der Waals surface area contributed by atoms with Crippen LogP contribution in [0.1, 0.15) is 39.0 Å². The van der Waals surface area contributed by atoms with Gasteiger partial charge in [-0.15, -0.1) is 11.8 Å². The quantitative estimate of drug-likeness (QED) is 0.217. The Labute approximate surface area is 191 Å². The Kier molecular flexibility index (Phi) is 7.27. The smallest absolute Gasteiger partial charge is 0.343 e. The van der Waals surface area contributed by atoms with Crippen molar-refractivity contribution < 1.29 is 38.1 Å². The number of para-hydroxylation sites is 1. The van der Waals surface area contributed by atoms with Crippen molar-refractivity contribution in [2.75, 3.05) is 7.11 Å². The van der Waals surface area contributed by atoms with Crippen LogP contribution in [0.25, 0.3) is 0 Å². The van der Waals surface area contributed by atoms with Gasteiger partial charge in [0.15, 0.2) is 17.6 Å². The normalized spacial score (nSPS) is 10.2. The van der Waals surface area contributed by atoms with Crippen molar-refractivity contribution in [2.45, 2.75) is 17.6 Å². The van der Waals surface area contributed by atoms with Crippen molar-refractivity contribution in [2.24, 2.45) is 0 Å². The lowest BCUT2D eigenvalue weighted by molar-refractivity contribution is -0.804. The second-order valence-corrected chi connectivity index (χ2v) is 7.31. The summed E-state index contributed by atoms with van der Waals surface area (Å²) in [5, 5.41) is 23.7. The summed E-state index contributed by atoms with van der Waals surface area (Å²) in [6, 6.07) is 12.2. The van der Waals surface area contributed by atoms with Crippen LogP contribution < -0.4 is 14.4 Å². The van der Waals surface area contributed by atoms with E-state index in [-0.39, 0.29) is 44.7 Å². The van der Waals surface area contributed by atoms with E-state index in [9.17, 15) is 19.6 Å². The van der Waals surface area contributed by atoms with Crippen LogP contribution >= 0.6 is 11.8 Å². The van der Waals surface area contributed by atoms with E-state index in [1.807, 2.05) is 0 Å². The number of rotatable bonds is 7. The molecule has 3 rings (SSSR count). The number of carbonyl (C=O) groups is 3. The first-order valence-corrected chi connectivity index (χ1v) is 10.2. The van der Waals surface area contributed by atoms with Crippen LogP contribution in [0.4, 0.5) is 0 Å². The molecule has 3 aromatic rings. The van der Waals surface area contributed by atoms with Gasteiger partial charge < -0.3 is 19.4 Å². The SMILES string of the molecule is COC(=O)c1cccc(OC(=O)c2ccc(SCc3no[n+]([O-])c3C#N)cc2)c1OC(C)=O. The molecule has 0 fully saturated rings. The summed E-state index contributed by atoms with van der Waals surface area (Å²) in [6.45, 7) is 1.14. The van der Waals surface area contributed by atoms with Gasteiger partial charge in [0.25, 0.3) is 5.69 Å². The monoisotopic (exact) mass is 469 g/mol. The first-order valence-electron chi connectivity index (χ1n) is 9.17. The Morgan fingerprint density at radius 1 is 1.15 bits per heavy atom. The minimum Gasteiger partial charge on any atom is -0.465 e. The highest BCUT2D eigenvalue weighted by molar-refractivity contribution is 7.98. The minimum atomic E-state index is -0.764. The summed E-state index contributed by atoms with van der Waals surface area (Å²) < 4.78 is 19.5. The van der Waals surface area contributed by atoms with E-state index in [0.29, 0.717) is 0 Å². The third-order valence-electron chi connectivity index (χ3n) is 4.09. The van der Waals surface area contributed by atoms with Crippen molar-refractivity contribution >= 4 is 29.7 Å². The summed E-state index contributed by atoms with van der Waals surface area (Å²) in [5.41, 5.74) is 0.0897. The molecule has 1 heterocycles. The molecule has 0 atom stereocenters. The number of carbonyl (C=O) groups excluding carboxylic acids is 3. The molecule has 0 aliphatic heterocycles. The molecule has 12 heteroatoms. The molecule has 0 radical (unpaired) electrons. The van der Waals surface area contributed by atoms with Crippen molar-refractivity contribution in [3.63, 3.8) is 0 Å². The largest absolute Gasteiger partial charge is 0.465 e. The van der Waals surface area contributed by atoms with E-state index >= 15 is 0 Å². The number of benzene rings is 2. The highest BCUT2D eigenvalue weighted by Gasteiger charge is 2.22. The Morgan fingerprint density at radius 2 is 1.88 bits per heavy atom. The van der Waals surface area contributed by atoms with Gasteiger partial charge in [-0.1, -0.05) is 6.07 Å². The number of hydrogen-bond acceptors (Lipinski definition) is 11. The standard InChI is InChI=1S/C21H15N3O8S/c1-12(25)30-19-15(21(27)29-2)4-3-5-18(19)31-20(26)13-6-8-14(9-7-13)33-11-16-17(10-22)24(28)32-23-16/h3-9H,11H2,1-2H3. The van der Waals surface area contributed by atoms with Crippen molar-refractivity contribution in [3.05, 3.63) is 70.2 Å². The molecule has 0 bridgehead atoms. The predicted octanol–water partition coefficient (Wildman–Crippen LogP) is 2.40. The zero-order chi connectivity index (χ0) is 24.0. The Morgan fingerprint density at radius 3 is 2.52 bits per heavy atom. The molecule has 1 aromatic heterocycles. The molecule has 0 spiro atoms. The molecule has 0 unspecified atom stereocenters. The van der Waals surface area contributed by atoms with Crippen molar-refractivity contribution in [3.8, 4) is 17.6 Å². The summed E-state index contributed by atoms with van der Waals surface area (Å²) in [6.07, 6.45) is 0. The van der Waals surface area contributed by atoms with Gasteiger partial charge in [-0.05, 0) is 41.3 Å². The van der Waals surface area contributed by atoms with Crippen molar-refractivity contribution in [1.82, 2.24) is 5.16 Å². The van der Waals surface area contributed by atoms with Crippen LogP contribution in [0, 0.1) is 16.5 Å². The average molecular weight is 469 g/mol. The van der Waals surface area contributed by atoms with Crippen LogP contribution in [-0.2, 0) is 15.3 Å². The van der Waals surface area contributed by atoms with Gasteiger partial charge in [-0.2, -0.15) is 5.26 Å². The zero-order valence-corrected chi connectivity index (χ0v) is 18.1. The van der Waals surface area contributed by atoms with Crippen LogP contribution in [0.3, 0.4) is 0 Å². The Hall–Kier alpha value is -4.37. The highest BCUT2D eigenvalue weighted by atomic mass is 32.2. The molecule has 0 N–H and O–H groups in total. The van der Waals surface area contributed by atoms with Gasteiger partial charge in [0.1, 0.15) is 5.56 Å². The molecule has 33 heavy (non-hydrogen) atoms. The predicted molar refractivity (Wildman–Crippen MR) is 110 cm³/mol. The van der Waals surface area contributed by atoms with Crippen LogP contribution in [-0.4, -0.2) is 30.2 Å². The number of methoxy groups -OCH3 is 1. The van der Waals surface area contributed by atoms with Crippen molar-refractivity contribution in [1.29, 1.82) is 5.26 Å². The number of nitrogens with zero attached hydrogens (tertiary/aromatic N) is 3. The van der Waals surface area contributed by atoms with Gasteiger partial charge in [-0.25, -0.2) is 9.59 Å². The summed E-state index contributed by atoms with van der Waals surface area (Å²) in [5.74, 6) is -2.37. The summed E-state index contributed by atoms with van der Waals surface area (Å²) >= 11 is 1.27. The average Bonchev–Trinajstić information content (AvgIpc) is 3.17. The minimum absolute atomic E-state index is 0.0360. The molecular formula is C21H15N3O8S. The fourth-order valence-corrected chi connectivity index (χ4v) is 3.41. The lowest BCUT2D eigenvalue weighted by Crippen LogP contribution is -2.26. The maximum absolute atomic E-state index is 12.6. The molecule has 0 saturated heterocycles. The van der Waals surface area contributed by atoms with E-state index in [1.165, 1.54) is 49.2 Å². The molecule has 168 valence electrons.